The van der Waals surface area contributed by atoms with Crippen LogP contribution in [0.1, 0.15) is 11.1 Å². The van der Waals surface area contributed by atoms with Gasteiger partial charge in [0.2, 0.25) is 0 Å². The first-order chi connectivity index (χ1) is 7.38. The molecule has 1 fully saturated rings. The Morgan fingerprint density at radius 1 is 1.31 bits per heavy atom. The maximum atomic E-state index is 2.66. The Kier molecular flexibility index (Phi) is 4.49. The Morgan fingerprint density at radius 3 is 2.81 bits per heavy atom. The molecule has 0 N–H and O–H groups in total. The summed E-state index contributed by atoms with van der Waals surface area (Å²) in [5.41, 5.74) is 3.11. The second-order valence-electron chi connectivity index (χ2n) is 4.18. The molecule has 1 aromatic carbocycles. The van der Waals surface area contributed by atoms with E-state index in [0.717, 1.165) is 12.6 Å². The molecule has 0 saturated carbocycles. The van der Waals surface area contributed by atoms with E-state index < -0.39 is 0 Å². The first kappa shape index (κ1) is 13.1. The van der Waals surface area contributed by atoms with Crippen LogP contribution in [-0.2, 0) is 13.0 Å². The third-order valence-corrected chi connectivity index (χ3v) is 6.09. The molecule has 0 amide bonds. The number of halogens is 1. The molecule has 0 spiro atoms. The van der Waals surface area contributed by atoms with Gasteiger partial charge in [0.05, 0.1) is 0 Å². The summed E-state index contributed by atoms with van der Waals surface area (Å²) < 4.78 is 0.684. The van der Waals surface area contributed by atoms with Crippen LogP contribution in [0.25, 0.3) is 0 Å². The van der Waals surface area contributed by atoms with Crippen LogP contribution in [0.15, 0.2) is 24.3 Å². The molecule has 4 heteroatoms. The molecule has 1 unspecified atom stereocenters. The van der Waals surface area contributed by atoms with Crippen LogP contribution in [0.5, 0.6) is 0 Å². The smallest absolute Gasteiger partial charge is 0.103 e. The minimum Gasteiger partial charge on any atom is -0.275 e. The largest absolute Gasteiger partial charge is 0.275 e. The van der Waals surface area contributed by atoms with Gasteiger partial charge in [-0.2, -0.15) is 0 Å². The Morgan fingerprint density at radius 2 is 2.06 bits per heavy atom. The van der Waals surface area contributed by atoms with E-state index in [1.807, 2.05) is 11.8 Å². The lowest BCUT2D eigenvalue weighted by Gasteiger charge is -2.33. The Hall–Kier alpha value is 0.610. The van der Waals surface area contributed by atoms with Crippen molar-refractivity contribution in [2.24, 2.45) is 0 Å². The molecule has 88 valence electrons. The average molecular weight is 365 g/mol. The maximum Gasteiger partial charge on any atom is 0.103 e. The summed E-state index contributed by atoms with van der Waals surface area (Å²) in [6.07, 6.45) is 3.47. The van der Waals surface area contributed by atoms with Crippen LogP contribution in [0.4, 0.5) is 0 Å². The van der Waals surface area contributed by atoms with E-state index in [2.05, 4.69) is 47.2 Å². The van der Waals surface area contributed by atoms with Gasteiger partial charge in [0.25, 0.3) is 0 Å². The zero-order chi connectivity index (χ0) is 10.3. The van der Waals surface area contributed by atoms with E-state index in [1.165, 1.54) is 17.7 Å². The summed E-state index contributed by atoms with van der Waals surface area (Å²) in [5.74, 6) is 1.31. The standard InChI is InChI=1S/C12H15NS2.HI/c1-14-12-13-7-10-5-3-2-4-9(10)6-11(13)8-15-12;/h2-5,11-12H,6-8H2,1H3;1H/t11?,12-;/m0./s1. The number of thioether (sulfide) groups is 2. The molecule has 2 aliphatic rings. The highest BCUT2D eigenvalue weighted by Gasteiger charge is 2.36. The van der Waals surface area contributed by atoms with Crippen molar-refractivity contribution in [3.8, 4) is 0 Å². The molecule has 1 saturated heterocycles. The second-order valence-corrected chi connectivity index (χ2v) is 6.50. The molecule has 2 aliphatic heterocycles. The highest BCUT2D eigenvalue weighted by molar-refractivity contribution is 14.0. The van der Waals surface area contributed by atoms with Crippen molar-refractivity contribution < 1.29 is 0 Å². The molecule has 0 radical (unpaired) electrons. The Balaban J connectivity index is 0.000000963. The van der Waals surface area contributed by atoms with Gasteiger partial charge >= 0.3 is 0 Å². The highest BCUT2D eigenvalue weighted by atomic mass is 127. The SMILES string of the molecule is CS[C@H]1SCC2Cc3ccccc3CN21.I. The van der Waals surface area contributed by atoms with Crippen molar-refractivity contribution in [2.75, 3.05) is 12.0 Å². The zero-order valence-corrected chi connectivity index (χ0v) is 13.2. The van der Waals surface area contributed by atoms with E-state index in [1.54, 1.807) is 5.56 Å². The van der Waals surface area contributed by atoms with Crippen LogP contribution in [0.3, 0.4) is 0 Å². The van der Waals surface area contributed by atoms with Crippen molar-refractivity contribution in [3.63, 3.8) is 0 Å². The van der Waals surface area contributed by atoms with Crippen LogP contribution in [0, 0.1) is 0 Å². The van der Waals surface area contributed by atoms with Crippen LogP contribution in [-0.4, -0.2) is 27.7 Å². The van der Waals surface area contributed by atoms with Gasteiger partial charge in [0.1, 0.15) is 4.71 Å². The fourth-order valence-electron chi connectivity index (χ4n) is 2.50. The lowest BCUT2D eigenvalue weighted by molar-refractivity contribution is 0.225. The molecule has 16 heavy (non-hydrogen) atoms. The first-order valence-corrected chi connectivity index (χ1v) is 7.69. The summed E-state index contributed by atoms with van der Waals surface area (Å²) in [4.78, 5) is 2.66. The van der Waals surface area contributed by atoms with Crippen LogP contribution < -0.4 is 0 Å². The lowest BCUT2D eigenvalue weighted by atomic mass is 9.95. The topological polar surface area (TPSA) is 3.24 Å². The van der Waals surface area contributed by atoms with E-state index in [0.29, 0.717) is 4.71 Å². The predicted octanol–water partition coefficient (Wildman–Crippen LogP) is 3.42. The summed E-state index contributed by atoms with van der Waals surface area (Å²) in [7, 11) is 0. The fourth-order valence-corrected chi connectivity index (χ4v) is 4.93. The maximum absolute atomic E-state index is 2.66. The third kappa shape index (κ3) is 2.26. The predicted molar refractivity (Wildman–Crippen MR) is 84.7 cm³/mol. The summed E-state index contributed by atoms with van der Waals surface area (Å²) in [6.45, 7) is 1.15. The van der Waals surface area contributed by atoms with Crippen molar-refractivity contribution in [1.29, 1.82) is 0 Å². The van der Waals surface area contributed by atoms with Crippen LogP contribution >= 0.6 is 47.5 Å². The van der Waals surface area contributed by atoms with Crippen molar-refractivity contribution in [1.82, 2.24) is 4.90 Å². The molecule has 1 nitrogen and oxygen atoms in total. The Bertz CT molecular complexity index is 372. The third-order valence-electron chi connectivity index (χ3n) is 3.30. The summed E-state index contributed by atoms with van der Waals surface area (Å²) in [6, 6.07) is 9.69. The number of benzene rings is 1. The number of nitrogens with zero attached hydrogens (tertiary/aromatic N) is 1. The molecule has 2 heterocycles. The molecular formula is C12H16INS2. The molecule has 0 bridgehead atoms. The van der Waals surface area contributed by atoms with Gasteiger partial charge in [-0.25, -0.2) is 0 Å². The van der Waals surface area contributed by atoms with Gasteiger partial charge in [0.15, 0.2) is 0 Å². The van der Waals surface area contributed by atoms with Crippen molar-refractivity contribution >= 4 is 47.5 Å². The number of rotatable bonds is 1. The average Bonchev–Trinajstić information content (AvgIpc) is 2.68. The minimum atomic E-state index is 0. The lowest BCUT2D eigenvalue weighted by Crippen LogP contribution is -2.39. The minimum absolute atomic E-state index is 0. The molecule has 1 aromatic rings. The van der Waals surface area contributed by atoms with E-state index in [4.69, 9.17) is 0 Å². The van der Waals surface area contributed by atoms with Crippen molar-refractivity contribution in [2.45, 2.75) is 23.7 Å². The molecule has 3 rings (SSSR count). The second kappa shape index (κ2) is 5.50. The van der Waals surface area contributed by atoms with Gasteiger partial charge in [0, 0.05) is 18.3 Å². The number of hydrogen-bond donors (Lipinski definition) is 0. The van der Waals surface area contributed by atoms with Crippen molar-refractivity contribution in [3.05, 3.63) is 35.4 Å². The quantitative estimate of drug-likeness (QED) is 0.702. The Labute approximate surface area is 123 Å². The monoisotopic (exact) mass is 365 g/mol. The van der Waals surface area contributed by atoms with Gasteiger partial charge in [-0.05, 0) is 23.8 Å². The molecular weight excluding hydrogens is 349 g/mol. The van der Waals surface area contributed by atoms with Crippen LogP contribution in [0.2, 0.25) is 0 Å². The summed E-state index contributed by atoms with van der Waals surface area (Å²) >= 11 is 4.09. The summed E-state index contributed by atoms with van der Waals surface area (Å²) in [5, 5.41) is 0. The normalized spacial score (nSPS) is 28.1. The molecule has 2 atom stereocenters. The van der Waals surface area contributed by atoms with Gasteiger partial charge in [-0.3, -0.25) is 4.90 Å². The fraction of sp³-hybridized carbons (Fsp3) is 0.500. The van der Waals surface area contributed by atoms with Gasteiger partial charge in [-0.15, -0.1) is 47.5 Å². The van der Waals surface area contributed by atoms with E-state index >= 15 is 0 Å². The number of fused-ring (bicyclic) bond motifs is 2. The first-order valence-electron chi connectivity index (χ1n) is 5.35. The highest BCUT2D eigenvalue weighted by Crippen LogP contribution is 2.40. The van der Waals surface area contributed by atoms with Gasteiger partial charge < -0.3 is 0 Å². The van der Waals surface area contributed by atoms with E-state index in [-0.39, 0.29) is 24.0 Å². The zero-order valence-electron chi connectivity index (χ0n) is 9.26. The van der Waals surface area contributed by atoms with E-state index in [9.17, 15) is 0 Å². The van der Waals surface area contributed by atoms with Gasteiger partial charge in [-0.1, -0.05) is 24.3 Å². The molecule has 0 aliphatic carbocycles. The molecule has 0 aromatic heterocycles. The number of hydrogen-bond acceptors (Lipinski definition) is 3.